The number of benzene rings is 3. The number of anilines is 1. The Morgan fingerprint density at radius 1 is 0.972 bits per heavy atom. The number of aromatic nitrogens is 1. The van der Waals surface area contributed by atoms with E-state index in [9.17, 15) is 18.0 Å². The number of carbonyl (C=O) groups is 1. The second-order valence-corrected chi connectivity index (χ2v) is 9.13. The van der Waals surface area contributed by atoms with Crippen molar-refractivity contribution < 1.29 is 18.0 Å². The van der Waals surface area contributed by atoms with Crippen LogP contribution >= 0.6 is 11.6 Å². The van der Waals surface area contributed by atoms with Crippen molar-refractivity contribution in [2.24, 2.45) is 5.10 Å². The van der Waals surface area contributed by atoms with E-state index in [0.29, 0.717) is 17.1 Å². The number of hydrogen-bond acceptors (Lipinski definition) is 2. The zero-order valence-electron chi connectivity index (χ0n) is 19.5. The Morgan fingerprint density at radius 2 is 1.67 bits per heavy atom. The number of hydrazone groups is 1. The van der Waals surface area contributed by atoms with Gasteiger partial charge in [0.2, 0.25) is 0 Å². The second-order valence-electron chi connectivity index (χ2n) is 8.69. The molecule has 8 heteroatoms. The van der Waals surface area contributed by atoms with E-state index in [0.717, 1.165) is 32.7 Å². The van der Waals surface area contributed by atoms with Gasteiger partial charge in [-0.25, -0.2) is 0 Å². The Labute approximate surface area is 210 Å². The summed E-state index contributed by atoms with van der Waals surface area (Å²) in [6.45, 7) is 4.26. The number of fused-ring (bicyclic) bond motifs is 1. The van der Waals surface area contributed by atoms with Crippen LogP contribution in [0.15, 0.2) is 83.5 Å². The molecule has 0 atom stereocenters. The first-order valence-electron chi connectivity index (χ1n) is 11.2. The van der Waals surface area contributed by atoms with Gasteiger partial charge in [0.15, 0.2) is 5.71 Å². The van der Waals surface area contributed by atoms with Crippen LogP contribution < -0.4 is 5.01 Å². The first kappa shape index (κ1) is 23.9. The number of halogens is 4. The molecule has 0 bridgehead atoms. The van der Waals surface area contributed by atoms with E-state index in [1.807, 2.05) is 48.7 Å². The highest BCUT2D eigenvalue weighted by molar-refractivity contribution is 6.34. The van der Waals surface area contributed by atoms with Gasteiger partial charge in [0.1, 0.15) is 0 Å². The molecule has 0 radical (unpaired) electrons. The minimum Gasteiger partial charge on any atom is -0.340 e. The summed E-state index contributed by atoms with van der Waals surface area (Å²) in [4.78, 5) is 13.2. The van der Waals surface area contributed by atoms with Crippen LogP contribution in [0.5, 0.6) is 0 Å². The maximum Gasteiger partial charge on any atom is 0.435 e. The summed E-state index contributed by atoms with van der Waals surface area (Å²) >= 11 is 6.02. The van der Waals surface area contributed by atoms with Gasteiger partial charge in [0.05, 0.1) is 11.3 Å². The quantitative estimate of drug-likeness (QED) is 0.267. The highest BCUT2D eigenvalue weighted by atomic mass is 35.5. The maximum atomic E-state index is 14.0. The van der Waals surface area contributed by atoms with Gasteiger partial charge in [-0.05, 0) is 61.9 Å². The molecule has 4 aromatic rings. The van der Waals surface area contributed by atoms with E-state index in [1.54, 1.807) is 42.5 Å². The van der Waals surface area contributed by atoms with Crippen molar-refractivity contribution in [1.82, 2.24) is 4.57 Å². The van der Waals surface area contributed by atoms with Crippen molar-refractivity contribution in [2.75, 3.05) is 5.01 Å². The molecule has 1 aliphatic rings. The van der Waals surface area contributed by atoms with Gasteiger partial charge in [-0.2, -0.15) is 23.3 Å². The van der Waals surface area contributed by atoms with Gasteiger partial charge in [-0.15, -0.1) is 0 Å². The summed E-state index contributed by atoms with van der Waals surface area (Å²) in [5, 5.41) is 5.88. The van der Waals surface area contributed by atoms with E-state index in [2.05, 4.69) is 5.10 Å². The lowest BCUT2D eigenvalue weighted by Crippen LogP contribution is -2.25. The number of hydrogen-bond donors (Lipinski definition) is 0. The molecule has 1 amide bonds. The average molecular weight is 508 g/mol. The lowest BCUT2D eigenvalue weighted by Gasteiger charge is -2.11. The zero-order valence-corrected chi connectivity index (χ0v) is 20.2. The first-order chi connectivity index (χ1) is 17.1. The Morgan fingerprint density at radius 3 is 2.33 bits per heavy atom. The molecule has 0 saturated heterocycles. The Bertz CT molecular complexity index is 1530. The Kier molecular flexibility index (Phi) is 5.96. The number of nitrogens with zero attached hydrogens (tertiary/aromatic N) is 3. The van der Waals surface area contributed by atoms with Crippen LogP contribution in [0.2, 0.25) is 5.02 Å². The van der Waals surface area contributed by atoms with Crippen molar-refractivity contribution in [3.05, 3.63) is 106 Å². The predicted molar refractivity (Wildman–Crippen MR) is 137 cm³/mol. The number of rotatable bonds is 4. The molecule has 5 rings (SSSR count). The van der Waals surface area contributed by atoms with Crippen LogP contribution in [-0.2, 0) is 11.3 Å². The summed E-state index contributed by atoms with van der Waals surface area (Å²) in [7, 11) is 0. The number of alkyl halides is 3. The predicted octanol–water partition coefficient (Wildman–Crippen LogP) is 7.31. The SMILES string of the molecule is Cc1ccc2c(c1)c(/C=C1/C(=O)N(c3ccccc3)N=C1C(F)(F)F)c(C)n2Cc1ccc(Cl)cc1. The van der Waals surface area contributed by atoms with Crippen LogP contribution in [0, 0.1) is 13.8 Å². The van der Waals surface area contributed by atoms with Crippen molar-refractivity contribution in [1.29, 1.82) is 0 Å². The van der Waals surface area contributed by atoms with Gasteiger partial charge in [-0.1, -0.05) is 53.6 Å². The zero-order chi connectivity index (χ0) is 25.6. The summed E-state index contributed by atoms with van der Waals surface area (Å²) in [6.07, 6.45) is -3.47. The second kappa shape index (κ2) is 8.99. The molecule has 0 N–H and O–H groups in total. The van der Waals surface area contributed by atoms with E-state index in [1.165, 1.54) is 6.08 Å². The molecule has 0 unspecified atom stereocenters. The minimum absolute atomic E-state index is 0.269. The fourth-order valence-corrected chi connectivity index (χ4v) is 4.55. The van der Waals surface area contributed by atoms with Crippen molar-refractivity contribution >= 4 is 45.9 Å². The van der Waals surface area contributed by atoms with E-state index < -0.39 is 23.4 Å². The fourth-order valence-electron chi connectivity index (χ4n) is 4.42. The fraction of sp³-hybridized carbons (Fsp3) is 0.143. The molecule has 3 aromatic carbocycles. The molecule has 2 heterocycles. The summed E-state index contributed by atoms with van der Waals surface area (Å²) in [6, 6.07) is 21.3. The van der Waals surface area contributed by atoms with E-state index >= 15 is 0 Å². The van der Waals surface area contributed by atoms with Gasteiger partial charge >= 0.3 is 6.18 Å². The molecule has 0 fully saturated rings. The van der Waals surface area contributed by atoms with Gasteiger partial charge in [0.25, 0.3) is 5.91 Å². The number of para-hydroxylation sites is 1. The van der Waals surface area contributed by atoms with Gasteiger partial charge in [-0.3, -0.25) is 4.79 Å². The van der Waals surface area contributed by atoms with Gasteiger partial charge in [0, 0.05) is 33.7 Å². The van der Waals surface area contributed by atoms with Crippen LogP contribution in [0.3, 0.4) is 0 Å². The Hall–Kier alpha value is -3.84. The van der Waals surface area contributed by atoms with E-state index in [-0.39, 0.29) is 5.69 Å². The smallest absolute Gasteiger partial charge is 0.340 e. The topological polar surface area (TPSA) is 37.6 Å². The third kappa shape index (κ3) is 4.31. The van der Waals surface area contributed by atoms with Crippen molar-refractivity contribution in [3.8, 4) is 0 Å². The number of amides is 1. The normalized spacial score (nSPS) is 15.3. The third-order valence-electron chi connectivity index (χ3n) is 6.22. The Balaban J connectivity index is 1.67. The minimum atomic E-state index is -4.80. The number of aryl methyl sites for hydroxylation is 1. The van der Waals surface area contributed by atoms with Gasteiger partial charge < -0.3 is 4.57 Å². The largest absolute Gasteiger partial charge is 0.435 e. The number of carbonyl (C=O) groups excluding carboxylic acids is 1. The first-order valence-corrected chi connectivity index (χ1v) is 11.6. The average Bonchev–Trinajstić information content (AvgIpc) is 3.31. The molecule has 182 valence electrons. The molecule has 4 nitrogen and oxygen atoms in total. The molecule has 36 heavy (non-hydrogen) atoms. The summed E-state index contributed by atoms with van der Waals surface area (Å²) in [5.41, 5.74) is 2.68. The van der Waals surface area contributed by atoms with E-state index in [4.69, 9.17) is 11.6 Å². The highest BCUT2D eigenvalue weighted by Crippen LogP contribution is 2.35. The van der Waals surface area contributed by atoms with Crippen LogP contribution in [0.25, 0.3) is 17.0 Å². The van der Waals surface area contributed by atoms with Crippen LogP contribution in [-0.4, -0.2) is 22.4 Å². The highest BCUT2D eigenvalue weighted by Gasteiger charge is 2.47. The molecule has 1 aromatic heterocycles. The monoisotopic (exact) mass is 507 g/mol. The maximum absolute atomic E-state index is 14.0. The molecule has 0 spiro atoms. The van der Waals surface area contributed by atoms with Crippen LogP contribution in [0.1, 0.15) is 22.4 Å². The lowest BCUT2D eigenvalue weighted by atomic mass is 10.0. The summed E-state index contributed by atoms with van der Waals surface area (Å²) in [5.74, 6) is -0.820. The third-order valence-corrected chi connectivity index (χ3v) is 6.47. The molecule has 0 aliphatic carbocycles. The molecular formula is C28H21ClF3N3O. The molecule has 0 saturated carbocycles. The van der Waals surface area contributed by atoms with Crippen molar-refractivity contribution in [3.63, 3.8) is 0 Å². The van der Waals surface area contributed by atoms with Crippen LogP contribution in [0.4, 0.5) is 18.9 Å². The molecular weight excluding hydrogens is 487 g/mol. The standard InChI is InChI=1S/C28H21ClF3N3O/c1-17-8-13-25-23(14-17)22(18(2)34(25)16-19-9-11-20(29)12-10-19)15-24-26(28(30,31)32)33-35(27(24)36)21-6-4-3-5-7-21/h3-15H,16H2,1-2H3/b24-15+. The molecule has 1 aliphatic heterocycles. The van der Waals surface area contributed by atoms with Crippen molar-refractivity contribution in [2.45, 2.75) is 26.6 Å². The lowest BCUT2D eigenvalue weighted by molar-refractivity contribution is -0.114. The summed E-state index contributed by atoms with van der Waals surface area (Å²) < 4.78 is 44.1.